The first-order valence-corrected chi connectivity index (χ1v) is 6.92. The van der Waals surface area contributed by atoms with E-state index in [4.69, 9.17) is 0 Å². The van der Waals surface area contributed by atoms with E-state index in [2.05, 4.69) is 59.2 Å². The fourth-order valence-electron chi connectivity index (χ4n) is 2.85. The van der Waals surface area contributed by atoms with E-state index in [9.17, 15) is 0 Å². The van der Waals surface area contributed by atoms with Gasteiger partial charge in [-0.25, -0.2) is 0 Å². The Labute approximate surface area is 114 Å². The highest BCUT2D eigenvalue weighted by atomic mass is 14.9. The topological polar surface area (TPSA) is 24.1 Å². The minimum Gasteiger partial charge on any atom is -0.384 e. The first kappa shape index (κ1) is 12.2. The van der Waals surface area contributed by atoms with E-state index in [1.807, 2.05) is 7.05 Å². The molecular weight excluding hydrogens is 232 g/mol. The van der Waals surface area contributed by atoms with Gasteiger partial charge in [-0.05, 0) is 36.2 Å². The number of fused-ring (bicyclic) bond motifs is 1. The van der Waals surface area contributed by atoms with Crippen LogP contribution in [0.3, 0.4) is 0 Å². The number of hydrogen-bond donors (Lipinski definition) is 2. The first-order chi connectivity index (χ1) is 9.36. The lowest BCUT2D eigenvalue weighted by Crippen LogP contribution is -2.07. The molecule has 2 nitrogen and oxygen atoms in total. The molecule has 1 heterocycles. The van der Waals surface area contributed by atoms with E-state index in [0.717, 1.165) is 19.5 Å². The maximum atomic E-state index is 3.52. The summed E-state index contributed by atoms with van der Waals surface area (Å²) in [5.41, 5.74) is 5.56. The Hall–Kier alpha value is -1.80. The molecule has 98 valence electrons. The number of benzene rings is 2. The highest BCUT2D eigenvalue weighted by molar-refractivity contribution is 5.59. The molecule has 0 fully saturated rings. The zero-order valence-electron chi connectivity index (χ0n) is 11.3. The van der Waals surface area contributed by atoms with E-state index in [1.54, 1.807) is 0 Å². The molecule has 0 aliphatic carbocycles. The lowest BCUT2D eigenvalue weighted by molar-refractivity contribution is 0.747. The normalized spacial score (nSPS) is 17.0. The van der Waals surface area contributed by atoms with Gasteiger partial charge in [0.1, 0.15) is 0 Å². The van der Waals surface area contributed by atoms with Gasteiger partial charge in [0, 0.05) is 24.7 Å². The molecule has 0 saturated heterocycles. The van der Waals surface area contributed by atoms with Crippen molar-refractivity contribution in [2.75, 3.05) is 18.9 Å². The third kappa shape index (κ3) is 2.64. The minimum atomic E-state index is 0.592. The van der Waals surface area contributed by atoms with Crippen molar-refractivity contribution in [3.63, 3.8) is 0 Å². The predicted molar refractivity (Wildman–Crippen MR) is 80.6 cm³/mol. The molecule has 0 radical (unpaired) electrons. The zero-order chi connectivity index (χ0) is 13.1. The standard InChI is InChI=1S/C17H20N2/c1-18-11-14-7-8-17-16(10-14)15(12-19-17)9-13-5-3-2-4-6-13/h2-8,10,15,18-19H,9,11-12H2,1H3. The van der Waals surface area contributed by atoms with Gasteiger partial charge in [0.2, 0.25) is 0 Å². The molecule has 0 amide bonds. The Morgan fingerprint density at radius 2 is 1.95 bits per heavy atom. The maximum Gasteiger partial charge on any atom is 0.0376 e. The van der Waals surface area contributed by atoms with Crippen LogP contribution in [-0.4, -0.2) is 13.6 Å². The lowest BCUT2D eigenvalue weighted by atomic mass is 9.92. The molecule has 19 heavy (non-hydrogen) atoms. The van der Waals surface area contributed by atoms with Gasteiger partial charge in [0.25, 0.3) is 0 Å². The number of hydrogen-bond acceptors (Lipinski definition) is 2. The Morgan fingerprint density at radius 3 is 2.74 bits per heavy atom. The van der Waals surface area contributed by atoms with Gasteiger partial charge in [0.15, 0.2) is 0 Å². The highest BCUT2D eigenvalue weighted by Gasteiger charge is 2.22. The van der Waals surface area contributed by atoms with Crippen LogP contribution in [0.1, 0.15) is 22.6 Å². The fourth-order valence-corrected chi connectivity index (χ4v) is 2.85. The summed E-state index contributed by atoms with van der Waals surface area (Å²) in [7, 11) is 1.99. The van der Waals surface area contributed by atoms with Crippen molar-refractivity contribution >= 4 is 5.69 Å². The van der Waals surface area contributed by atoms with Gasteiger partial charge >= 0.3 is 0 Å². The second-order valence-corrected chi connectivity index (χ2v) is 5.22. The molecule has 1 atom stereocenters. The van der Waals surface area contributed by atoms with Crippen molar-refractivity contribution in [1.82, 2.24) is 5.32 Å². The summed E-state index contributed by atoms with van der Waals surface area (Å²) in [6.45, 7) is 1.98. The summed E-state index contributed by atoms with van der Waals surface area (Å²) in [5.74, 6) is 0.592. The van der Waals surface area contributed by atoms with Crippen LogP contribution < -0.4 is 10.6 Å². The van der Waals surface area contributed by atoms with Crippen LogP contribution in [-0.2, 0) is 13.0 Å². The average Bonchev–Trinajstić information content (AvgIpc) is 2.83. The van der Waals surface area contributed by atoms with Gasteiger partial charge in [-0.3, -0.25) is 0 Å². The van der Waals surface area contributed by atoms with Crippen molar-refractivity contribution in [2.45, 2.75) is 18.9 Å². The fraction of sp³-hybridized carbons (Fsp3) is 0.294. The van der Waals surface area contributed by atoms with Crippen LogP contribution in [0.4, 0.5) is 5.69 Å². The summed E-state index contributed by atoms with van der Waals surface area (Å²) in [6.07, 6.45) is 1.11. The van der Waals surface area contributed by atoms with E-state index < -0.39 is 0 Å². The van der Waals surface area contributed by atoms with Crippen LogP contribution in [0.5, 0.6) is 0 Å². The van der Waals surface area contributed by atoms with Gasteiger partial charge in [0.05, 0.1) is 0 Å². The van der Waals surface area contributed by atoms with Crippen LogP contribution in [0.15, 0.2) is 48.5 Å². The molecule has 0 aromatic heterocycles. The molecular formula is C17H20N2. The second kappa shape index (κ2) is 5.45. The summed E-state index contributed by atoms with van der Waals surface area (Å²) >= 11 is 0. The van der Waals surface area contributed by atoms with Crippen molar-refractivity contribution in [3.8, 4) is 0 Å². The smallest absolute Gasteiger partial charge is 0.0376 e. The van der Waals surface area contributed by atoms with Crippen LogP contribution in [0, 0.1) is 0 Å². The zero-order valence-corrected chi connectivity index (χ0v) is 11.3. The molecule has 1 aliphatic rings. The molecule has 2 aromatic carbocycles. The lowest BCUT2D eigenvalue weighted by Gasteiger charge is -2.11. The quantitative estimate of drug-likeness (QED) is 0.873. The van der Waals surface area contributed by atoms with E-state index in [-0.39, 0.29) is 0 Å². The Morgan fingerprint density at radius 1 is 1.11 bits per heavy atom. The molecule has 0 saturated carbocycles. The molecule has 0 bridgehead atoms. The van der Waals surface area contributed by atoms with Crippen molar-refractivity contribution in [2.24, 2.45) is 0 Å². The van der Waals surface area contributed by atoms with E-state index >= 15 is 0 Å². The Kier molecular flexibility index (Phi) is 3.51. The molecule has 1 aliphatic heterocycles. The molecule has 1 unspecified atom stereocenters. The van der Waals surface area contributed by atoms with Gasteiger partial charge in [-0.1, -0.05) is 42.5 Å². The summed E-state index contributed by atoms with van der Waals surface area (Å²) < 4.78 is 0. The first-order valence-electron chi connectivity index (χ1n) is 6.92. The van der Waals surface area contributed by atoms with E-state index in [1.165, 1.54) is 22.4 Å². The van der Waals surface area contributed by atoms with Gasteiger partial charge in [-0.15, -0.1) is 0 Å². The van der Waals surface area contributed by atoms with Crippen LogP contribution in [0.25, 0.3) is 0 Å². The predicted octanol–water partition coefficient (Wildman–Crippen LogP) is 3.16. The summed E-state index contributed by atoms with van der Waals surface area (Å²) in [6, 6.07) is 17.5. The minimum absolute atomic E-state index is 0.592. The third-order valence-electron chi connectivity index (χ3n) is 3.80. The molecule has 2 heteroatoms. The second-order valence-electron chi connectivity index (χ2n) is 5.22. The van der Waals surface area contributed by atoms with Crippen molar-refractivity contribution in [3.05, 3.63) is 65.2 Å². The molecule has 3 rings (SSSR count). The number of nitrogens with one attached hydrogen (secondary N) is 2. The monoisotopic (exact) mass is 252 g/mol. The number of anilines is 1. The van der Waals surface area contributed by atoms with Crippen molar-refractivity contribution < 1.29 is 0 Å². The van der Waals surface area contributed by atoms with Crippen LogP contribution in [0.2, 0.25) is 0 Å². The van der Waals surface area contributed by atoms with E-state index in [0.29, 0.717) is 5.92 Å². The Balaban J connectivity index is 1.82. The SMILES string of the molecule is CNCc1ccc2c(c1)C(Cc1ccccc1)CN2. The van der Waals surface area contributed by atoms with Crippen LogP contribution >= 0.6 is 0 Å². The average molecular weight is 252 g/mol. The molecule has 2 aromatic rings. The maximum absolute atomic E-state index is 3.52. The Bertz CT molecular complexity index is 548. The largest absolute Gasteiger partial charge is 0.384 e. The number of rotatable bonds is 4. The third-order valence-corrected chi connectivity index (χ3v) is 3.80. The van der Waals surface area contributed by atoms with Gasteiger partial charge in [-0.2, -0.15) is 0 Å². The van der Waals surface area contributed by atoms with Gasteiger partial charge < -0.3 is 10.6 Å². The molecule has 0 spiro atoms. The molecule has 2 N–H and O–H groups in total. The highest BCUT2D eigenvalue weighted by Crippen LogP contribution is 2.34. The summed E-state index contributed by atoms with van der Waals surface area (Å²) in [5, 5.41) is 6.74. The summed E-state index contributed by atoms with van der Waals surface area (Å²) in [4.78, 5) is 0. The van der Waals surface area contributed by atoms with Crippen molar-refractivity contribution in [1.29, 1.82) is 0 Å².